The smallest absolute Gasteiger partial charge is 0.123 e. The summed E-state index contributed by atoms with van der Waals surface area (Å²) >= 11 is 0. The summed E-state index contributed by atoms with van der Waals surface area (Å²) in [6, 6.07) is 6.80. The highest BCUT2D eigenvalue weighted by molar-refractivity contribution is 5.18. The van der Waals surface area contributed by atoms with E-state index < -0.39 is 6.10 Å². The monoisotopic (exact) mass is 266 g/mol. The summed E-state index contributed by atoms with van der Waals surface area (Å²) in [4.78, 5) is 2.47. The molecule has 3 nitrogen and oxygen atoms in total. The Morgan fingerprint density at radius 3 is 2.63 bits per heavy atom. The first-order valence-corrected chi connectivity index (χ1v) is 7.09. The molecular formula is C15H23FN2O. The molecule has 0 radical (unpaired) electrons. The third-order valence-corrected chi connectivity index (χ3v) is 3.64. The van der Waals surface area contributed by atoms with Crippen molar-refractivity contribution in [3.8, 4) is 0 Å². The summed E-state index contributed by atoms with van der Waals surface area (Å²) in [6.07, 6.45) is 2.08. The zero-order chi connectivity index (χ0) is 13.7. The molecule has 1 saturated carbocycles. The van der Waals surface area contributed by atoms with Crippen molar-refractivity contribution >= 4 is 0 Å². The van der Waals surface area contributed by atoms with E-state index in [2.05, 4.69) is 17.1 Å². The third kappa shape index (κ3) is 4.56. The fourth-order valence-corrected chi connectivity index (χ4v) is 2.30. The van der Waals surface area contributed by atoms with E-state index in [4.69, 9.17) is 0 Å². The van der Waals surface area contributed by atoms with Crippen molar-refractivity contribution in [3.05, 3.63) is 35.6 Å². The zero-order valence-corrected chi connectivity index (χ0v) is 11.5. The van der Waals surface area contributed by atoms with Crippen LogP contribution in [0, 0.1) is 5.82 Å². The van der Waals surface area contributed by atoms with Crippen molar-refractivity contribution in [2.24, 2.45) is 0 Å². The SMILES string of the molecule is CCN(CCNCC(O)c1ccc(F)cc1)C1CC1. The van der Waals surface area contributed by atoms with Gasteiger partial charge in [0.15, 0.2) is 0 Å². The molecule has 106 valence electrons. The van der Waals surface area contributed by atoms with E-state index in [-0.39, 0.29) is 5.82 Å². The molecule has 19 heavy (non-hydrogen) atoms. The van der Waals surface area contributed by atoms with E-state index in [9.17, 15) is 9.50 Å². The lowest BCUT2D eigenvalue weighted by molar-refractivity contribution is 0.171. The molecule has 1 fully saturated rings. The Morgan fingerprint density at radius 1 is 1.37 bits per heavy atom. The molecule has 0 aliphatic heterocycles. The molecule has 0 aromatic heterocycles. The number of hydrogen-bond donors (Lipinski definition) is 2. The zero-order valence-electron chi connectivity index (χ0n) is 11.5. The molecular weight excluding hydrogens is 243 g/mol. The van der Waals surface area contributed by atoms with Crippen LogP contribution >= 0.6 is 0 Å². The van der Waals surface area contributed by atoms with Gasteiger partial charge < -0.3 is 10.4 Å². The van der Waals surface area contributed by atoms with Gasteiger partial charge in [0, 0.05) is 25.7 Å². The Kier molecular flexibility index (Phi) is 5.31. The number of nitrogens with one attached hydrogen (secondary N) is 1. The van der Waals surface area contributed by atoms with E-state index in [0.29, 0.717) is 6.54 Å². The average molecular weight is 266 g/mol. The lowest BCUT2D eigenvalue weighted by Crippen LogP contribution is -2.35. The highest BCUT2D eigenvalue weighted by atomic mass is 19.1. The van der Waals surface area contributed by atoms with Gasteiger partial charge in [0.2, 0.25) is 0 Å². The second kappa shape index (κ2) is 6.98. The van der Waals surface area contributed by atoms with Gasteiger partial charge in [-0.3, -0.25) is 4.90 Å². The lowest BCUT2D eigenvalue weighted by atomic mass is 10.1. The number of aliphatic hydroxyl groups excluding tert-OH is 1. The fourth-order valence-electron chi connectivity index (χ4n) is 2.30. The largest absolute Gasteiger partial charge is 0.387 e. The molecule has 0 heterocycles. The molecule has 0 spiro atoms. The molecule has 0 bridgehead atoms. The average Bonchev–Trinajstić information content (AvgIpc) is 3.24. The standard InChI is InChI=1S/C15H23FN2O/c1-2-18(14-7-8-14)10-9-17-11-15(19)12-3-5-13(16)6-4-12/h3-6,14-15,17,19H,2,7-11H2,1H3. The highest BCUT2D eigenvalue weighted by Crippen LogP contribution is 2.25. The van der Waals surface area contributed by atoms with Gasteiger partial charge >= 0.3 is 0 Å². The van der Waals surface area contributed by atoms with Crippen LogP contribution in [0.15, 0.2) is 24.3 Å². The molecule has 0 amide bonds. The van der Waals surface area contributed by atoms with Gasteiger partial charge in [-0.25, -0.2) is 4.39 Å². The van der Waals surface area contributed by atoms with Crippen LogP contribution in [0.25, 0.3) is 0 Å². The van der Waals surface area contributed by atoms with Gasteiger partial charge in [0.05, 0.1) is 6.10 Å². The molecule has 4 heteroatoms. The predicted molar refractivity (Wildman–Crippen MR) is 74.5 cm³/mol. The first-order valence-electron chi connectivity index (χ1n) is 7.09. The lowest BCUT2D eigenvalue weighted by Gasteiger charge is -2.20. The molecule has 1 atom stereocenters. The van der Waals surface area contributed by atoms with Crippen molar-refractivity contribution < 1.29 is 9.50 Å². The van der Waals surface area contributed by atoms with Crippen molar-refractivity contribution in [2.45, 2.75) is 31.9 Å². The minimum Gasteiger partial charge on any atom is -0.387 e. The van der Waals surface area contributed by atoms with Crippen LogP contribution in [0.4, 0.5) is 4.39 Å². The van der Waals surface area contributed by atoms with Gasteiger partial charge in [-0.1, -0.05) is 19.1 Å². The molecule has 1 aromatic rings. The summed E-state index contributed by atoms with van der Waals surface area (Å²) in [7, 11) is 0. The van der Waals surface area contributed by atoms with E-state index in [1.165, 1.54) is 25.0 Å². The van der Waals surface area contributed by atoms with Crippen molar-refractivity contribution in [1.82, 2.24) is 10.2 Å². The van der Waals surface area contributed by atoms with Crippen molar-refractivity contribution in [2.75, 3.05) is 26.2 Å². The minimum atomic E-state index is -0.573. The summed E-state index contributed by atoms with van der Waals surface area (Å²) in [6.45, 7) is 5.69. The Labute approximate surface area is 114 Å². The molecule has 1 unspecified atom stereocenters. The van der Waals surface area contributed by atoms with Crippen LogP contribution in [-0.2, 0) is 0 Å². The fraction of sp³-hybridized carbons (Fsp3) is 0.600. The van der Waals surface area contributed by atoms with E-state index in [0.717, 1.165) is 31.2 Å². The van der Waals surface area contributed by atoms with Crippen LogP contribution in [0.1, 0.15) is 31.4 Å². The number of rotatable bonds is 8. The third-order valence-electron chi connectivity index (χ3n) is 3.64. The van der Waals surface area contributed by atoms with Gasteiger partial charge in [-0.15, -0.1) is 0 Å². The Balaban J connectivity index is 1.65. The summed E-state index contributed by atoms with van der Waals surface area (Å²) in [5, 5.41) is 13.2. The maximum Gasteiger partial charge on any atom is 0.123 e. The topological polar surface area (TPSA) is 35.5 Å². The second-order valence-electron chi connectivity index (χ2n) is 5.13. The summed E-state index contributed by atoms with van der Waals surface area (Å²) in [5.41, 5.74) is 0.753. The molecule has 1 aromatic carbocycles. The van der Waals surface area contributed by atoms with Crippen LogP contribution in [0.3, 0.4) is 0 Å². The molecule has 1 aliphatic rings. The number of nitrogens with zero attached hydrogens (tertiary/aromatic N) is 1. The quantitative estimate of drug-likeness (QED) is 0.706. The van der Waals surface area contributed by atoms with Gasteiger partial charge in [0.25, 0.3) is 0 Å². The molecule has 2 N–H and O–H groups in total. The first kappa shape index (κ1) is 14.4. The van der Waals surface area contributed by atoms with Gasteiger partial charge in [-0.2, -0.15) is 0 Å². The maximum absolute atomic E-state index is 12.8. The summed E-state index contributed by atoms with van der Waals surface area (Å²) < 4.78 is 12.8. The number of likely N-dealkylation sites (N-methyl/N-ethyl adjacent to an activating group) is 1. The Morgan fingerprint density at radius 2 is 2.05 bits per heavy atom. The highest BCUT2D eigenvalue weighted by Gasteiger charge is 2.27. The molecule has 0 saturated heterocycles. The van der Waals surface area contributed by atoms with Crippen molar-refractivity contribution in [1.29, 1.82) is 0 Å². The number of halogens is 1. The number of benzene rings is 1. The van der Waals surface area contributed by atoms with Crippen molar-refractivity contribution in [3.63, 3.8) is 0 Å². The van der Waals surface area contributed by atoms with E-state index in [1.54, 1.807) is 12.1 Å². The van der Waals surface area contributed by atoms with Crippen LogP contribution in [0.2, 0.25) is 0 Å². The minimum absolute atomic E-state index is 0.271. The van der Waals surface area contributed by atoms with E-state index >= 15 is 0 Å². The molecule has 1 aliphatic carbocycles. The second-order valence-corrected chi connectivity index (χ2v) is 5.13. The maximum atomic E-state index is 12.8. The van der Waals surface area contributed by atoms with Crippen LogP contribution in [-0.4, -0.2) is 42.2 Å². The van der Waals surface area contributed by atoms with Gasteiger partial charge in [-0.05, 0) is 37.1 Å². The number of hydrogen-bond acceptors (Lipinski definition) is 3. The van der Waals surface area contributed by atoms with Gasteiger partial charge in [0.1, 0.15) is 5.82 Å². The Hall–Kier alpha value is -0.970. The first-order chi connectivity index (χ1) is 9.20. The van der Waals surface area contributed by atoms with Crippen LogP contribution < -0.4 is 5.32 Å². The van der Waals surface area contributed by atoms with E-state index in [1.807, 2.05) is 0 Å². The Bertz CT molecular complexity index is 378. The number of aliphatic hydroxyl groups is 1. The predicted octanol–water partition coefficient (Wildman–Crippen LogP) is 1.93. The normalized spacial score (nSPS) is 16.8. The summed E-state index contributed by atoms with van der Waals surface area (Å²) in [5.74, 6) is -0.271. The molecule has 2 rings (SSSR count). The van der Waals surface area contributed by atoms with Crippen LogP contribution in [0.5, 0.6) is 0 Å².